The molecule has 6 amide bonds. The molecule has 2 saturated heterocycles. The van der Waals surface area contributed by atoms with Crippen LogP contribution in [0.5, 0.6) is 0 Å². The Morgan fingerprint density at radius 2 is 0.951 bits per heavy atom. The van der Waals surface area contributed by atoms with Crippen LogP contribution in [0.1, 0.15) is 155 Å². The van der Waals surface area contributed by atoms with Crippen molar-refractivity contribution < 1.29 is 28.8 Å². The van der Waals surface area contributed by atoms with Crippen molar-refractivity contribution in [2.45, 2.75) is 167 Å². The third kappa shape index (κ3) is 17.1. The number of hydrogen-bond acceptors (Lipinski definition) is 8. The zero-order valence-corrected chi connectivity index (χ0v) is 48.8. The molecule has 5 atom stereocenters. The van der Waals surface area contributed by atoms with E-state index in [2.05, 4.69) is 59.4 Å². The normalized spacial score (nSPS) is 18.9. The van der Waals surface area contributed by atoms with E-state index in [-0.39, 0.29) is 65.9 Å². The monoisotopic (exact) mass is 1100 g/mol. The van der Waals surface area contributed by atoms with Gasteiger partial charge in [-0.2, -0.15) is 0 Å². The highest BCUT2D eigenvalue weighted by atomic mass is 16.2. The SMILES string of the molecule is CCCNCC(=O)N[C@H](C(=O)N1CCC[C@H]1CN(CCc1ccccc1)C(=O)c1ccc(-c2ccc(C(=O)N(CCc3ccccc3)C[C@@H]3CCCN3C(=O)[C@@H](NC(=O)[C@H](C)NCCC)C3CCCCC3)cc2)cc1)C1CCCCC1. The molecule has 0 bridgehead atoms. The summed E-state index contributed by atoms with van der Waals surface area (Å²) in [4.78, 5) is 93.3. The Morgan fingerprint density at radius 3 is 1.38 bits per heavy atom. The summed E-state index contributed by atoms with van der Waals surface area (Å²) in [5.41, 5.74) is 5.19. The van der Waals surface area contributed by atoms with E-state index in [1.807, 2.05) is 111 Å². The summed E-state index contributed by atoms with van der Waals surface area (Å²) in [6, 6.07) is 33.7. The van der Waals surface area contributed by atoms with Crippen LogP contribution in [-0.2, 0) is 32.0 Å². The van der Waals surface area contributed by atoms with E-state index in [0.717, 1.165) is 138 Å². The summed E-state index contributed by atoms with van der Waals surface area (Å²) < 4.78 is 0. The predicted octanol–water partition coefficient (Wildman–Crippen LogP) is 9.22. The van der Waals surface area contributed by atoms with Crippen LogP contribution < -0.4 is 21.3 Å². The van der Waals surface area contributed by atoms with Crippen molar-refractivity contribution in [1.29, 1.82) is 0 Å². The van der Waals surface area contributed by atoms with Gasteiger partial charge in [-0.15, -0.1) is 0 Å². The van der Waals surface area contributed by atoms with E-state index in [1.54, 1.807) is 0 Å². The second-order valence-electron chi connectivity index (χ2n) is 23.5. The molecule has 4 fully saturated rings. The summed E-state index contributed by atoms with van der Waals surface area (Å²) in [6.07, 6.45) is 16.5. The number of carbonyl (C=O) groups is 6. The number of nitrogens with one attached hydrogen (secondary N) is 4. The number of benzene rings is 4. The maximum absolute atomic E-state index is 14.7. The minimum atomic E-state index is -0.597. The number of likely N-dealkylation sites (tertiary alicyclic amines) is 2. The summed E-state index contributed by atoms with van der Waals surface area (Å²) in [5, 5.41) is 12.8. The van der Waals surface area contributed by atoms with Crippen LogP contribution in [0.4, 0.5) is 0 Å². The first-order valence-electron chi connectivity index (χ1n) is 31.0. The third-order valence-corrected chi connectivity index (χ3v) is 17.6. The van der Waals surface area contributed by atoms with Gasteiger partial charge >= 0.3 is 0 Å². The molecule has 2 saturated carbocycles. The number of hydrogen-bond donors (Lipinski definition) is 4. The maximum Gasteiger partial charge on any atom is 0.253 e. The zero-order valence-electron chi connectivity index (χ0n) is 48.8. The lowest BCUT2D eigenvalue weighted by atomic mass is 9.83. The van der Waals surface area contributed by atoms with E-state index in [9.17, 15) is 28.8 Å². The highest BCUT2D eigenvalue weighted by Crippen LogP contribution is 2.32. The summed E-state index contributed by atoms with van der Waals surface area (Å²) in [6.45, 7) is 10.6. The fraction of sp³-hybridized carbons (Fsp3) is 0.552. The van der Waals surface area contributed by atoms with Crippen LogP contribution in [0.2, 0.25) is 0 Å². The van der Waals surface area contributed by atoms with Gasteiger partial charge in [-0.05, 0) is 155 Å². The van der Waals surface area contributed by atoms with Crippen molar-refractivity contribution in [2.24, 2.45) is 11.8 Å². The van der Waals surface area contributed by atoms with Gasteiger partial charge in [0.1, 0.15) is 12.1 Å². The van der Waals surface area contributed by atoms with Crippen molar-refractivity contribution in [2.75, 3.05) is 58.9 Å². The fourth-order valence-corrected chi connectivity index (χ4v) is 12.9. The Labute approximate surface area is 482 Å². The standard InChI is InChI=1S/C67H92N8O6/c1-4-40-68-46-60(76)70-61(54-24-14-8-15-25-54)66(80)74-42-18-28-58(74)47-72(44-38-50-20-10-6-11-21-50)64(78)56-34-30-52(31-35-56)53-32-36-57(37-33-53)65(79)73(45-39-51-22-12-7-13-23-51)48-59-29-19-43-75(59)67(81)62(55-26-16-9-17-27-55)71-63(77)49(3)69-41-5-2/h6-7,10-13,20-23,30-37,49,54-55,58-59,61-62,68-69H,4-5,8-9,14-19,24-29,38-48H2,1-3H3,(H,70,76)(H,71,77)/t49-,58-,59-,61-,62-/m0/s1. The van der Waals surface area contributed by atoms with Gasteiger partial charge in [-0.25, -0.2) is 0 Å². The van der Waals surface area contributed by atoms with Gasteiger partial charge < -0.3 is 40.9 Å². The summed E-state index contributed by atoms with van der Waals surface area (Å²) in [7, 11) is 0. The third-order valence-electron chi connectivity index (χ3n) is 17.6. The van der Waals surface area contributed by atoms with Crippen LogP contribution in [0.25, 0.3) is 11.1 Å². The quantitative estimate of drug-likeness (QED) is 0.0430. The topological polar surface area (TPSA) is 163 Å². The first kappa shape index (κ1) is 60.7. The molecule has 0 aromatic heterocycles. The van der Waals surface area contributed by atoms with E-state index in [0.29, 0.717) is 63.2 Å². The lowest BCUT2D eigenvalue weighted by Gasteiger charge is -2.37. The second kappa shape index (κ2) is 31.2. The molecule has 14 heteroatoms. The minimum absolute atomic E-state index is 0.0279. The molecule has 8 rings (SSSR count). The highest BCUT2D eigenvalue weighted by Gasteiger charge is 2.41. The lowest BCUT2D eigenvalue weighted by molar-refractivity contribution is -0.139. The molecular formula is C67H92N8O6. The first-order valence-corrected chi connectivity index (χ1v) is 31.0. The van der Waals surface area contributed by atoms with Gasteiger partial charge in [0.15, 0.2) is 0 Å². The van der Waals surface area contributed by atoms with Gasteiger partial charge in [0, 0.05) is 62.5 Å². The Hall–Kier alpha value is -6.38. The van der Waals surface area contributed by atoms with Crippen LogP contribution in [-0.4, -0.2) is 144 Å². The van der Waals surface area contributed by atoms with Crippen LogP contribution in [0.3, 0.4) is 0 Å². The maximum atomic E-state index is 14.7. The smallest absolute Gasteiger partial charge is 0.253 e. The van der Waals surface area contributed by atoms with Gasteiger partial charge in [-0.1, -0.05) is 137 Å². The van der Waals surface area contributed by atoms with Crippen molar-refractivity contribution in [1.82, 2.24) is 40.9 Å². The molecule has 0 spiro atoms. The number of carbonyl (C=O) groups excluding carboxylic acids is 6. The molecule has 4 N–H and O–H groups in total. The van der Waals surface area contributed by atoms with Gasteiger partial charge in [0.05, 0.1) is 12.6 Å². The largest absolute Gasteiger partial charge is 0.343 e. The molecule has 0 radical (unpaired) electrons. The zero-order chi connectivity index (χ0) is 56.9. The van der Waals surface area contributed by atoms with Crippen molar-refractivity contribution in [3.63, 3.8) is 0 Å². The van der Waals surface area contributed by atoms with E-state index >= 15 is 0 Å². The molecule has 2 aliphatic carbocycles. The Balaban J connectivity index is 0.962. The molecule has 0 unspecified atom stereocenters. The number of rotatable bonds is 27. The number of amides is 6. The predicted molar refractivity (Wildman–Crippen MR) is 321 cm³/mol. The molecule has 436 valence electrons. The van der Waals surface area contributed by atoms with E-state index in [4.69, 9.17) is 0 Å². The summed E-state index contributed by atoms with van der Waals surface area (Å²) >= 11 is 0. The van der Waals surface area contributed by atoms with Crippen LogP contribution in [0.15, 0.2) is 109 Å². The Bertz CT molecular complexity index is 2620. The van der Waals surface area contributed by atoms with E-state index in [1.165, 1.54) is 0 Å². The van der Waals surface area contributed by atoms with Crippen LogP contribution in [0, 0.1) is 11.8 Å². The van der Waals surface area contributed by atoms with E-state index < -0.39 is 18.1 Å². The Kier molecular flexibility index (Phi) is 23.4. The Morgan fingerprint density at radius 1 is 0.519 bits per heavy atom. The van der Waals surface area contributed by atoms with Gasteiger partial charge in [0.25, 0.3) is 11.8 Å². The lowest BCUT2D eigenvalue weighted by Crippen LogP contribution is -2.57. The molecular weight excluding hydrogens is 1010 g/mol. The van der Waals surface area contributed by atoms with Gasteiger partial charge in [-0.3, -0.25) is 28.8 Å². The average molecular weight is 1110 g/mol. The van der Waals surface area contributed by atoms with Crippen molar-refractivity contribution in [3.05, 3.63) is 131 Å². The summed E-state index contributed by atoms with van der Waals surface area (Å²) in [5.74, 6) is -0.380. The fourth-order valence-electron chi connectivity index (χ4n) is 12.9. The molecule has 4 aromatic rings. The highest BCUT2D eigenvalue weighted by molar-refractivity contribution is 5.96. The molecule has 4 aromatic carbocycles. The van der Waals surface area contributed by atoms with Crippen molar-refractivity contribution >= 4 is 35.4 Å². The number of nitrogens with zero attached hydrogens (tertiary/aromatic N) is 4. The first-order chi connectivity index (χ1) is 39.5. The average Bonchev–Trinajstić information content (AvgIpc) is 4.34. The van der Waals surface area contributed by atoms with Crippen molar-refractivity contribution in [3.8, 4) is 11.1 Å². The molecule has 4 aliphatic rings. The molecule has 14 nitrogen and oxygen atoms in total. The van der Waals surface area contributed by atoms with Gasteiger partial charge in [0.2, 0.25) is 23.6 Å². The molecule has 2 heterocycles. The van der Waals surface area contributed by atoms with Crippen LogP contribution >= 0.6 is 0 Å². The minimum Gasteiger partial charge on any atom is -0.343 e. The molecule has 81 heavy (non-hydrogen) atoms. The second-order valence-corrected chi connectivity index (χ2v) is 23.5. The molecule has 2 aliphatic heterocycles.